The highest BCUT2D eigenvalue weighted by molar-refractivity contribution is 5.64. The van der Waals surface area contributed by atoms with Gasteiger partial charge in [-0.25, -0.2) is 9.97 Å². The molecule has 1 aromatic heterocycles. The van der Waals surface area contributed by atoms with Gasteiger partial charge in [0.05, 0.1) is 13.7 Å². The molecule has 1 rings (SSSR count). The minimum absolute atomic E-state index is 0.402. The lowest BCUT2D eigenvalue weighted by molar-refractivity contribution is 0.202. The summed E-state index contributed by atoms with van der Waals surface area (Å²) in [5.74, 6) is 2.20. The molecule has 0 aliphatic rings. The molecule has 1 aromatic rings. The predicted octanol–water partition coefficient (Wildman–Crippen LogP) is 2.17. The lowest BCUT2D eigenvalue weighted by atomic mass is 10.1. The average Bonchev–Trinajstić information content (AvgIpc) is 2.50. The molecule has 1 heterocycles. The van der Waals surface area contributed by atoms with Crippen LogP contribution in [0.1, 0.15) is 26.7 Å². The molecule has 0 atom stereocenters. The second kappa shape index (κ2) is 8.58. The van der Waals surface area contributed by atoms with Crippen LogP contribution in [0.25, 0.3) is 0 Å². The summed E-state index contributed by atoms with van der Waals surface area (Å²) >= 11 is 0. The highest BCUT2D eigenvalue weighted by atomic mass is 16.5. The third kappa shape index (κ3) is 3.72. The smallest absolute Gasteiger partial charge is 0.204 e. The maximum Gasteiger partial charge on any atom is 0.204 e. The van der Waals surface area contributed by atoms with Crippen molar-refractivity contribution in [1.29, 1.82) is 0 Å². The molecule has 0 unspecified atom stereocenters. The Morgan fingerprint density at radius 3 is 2.45 bits per heavy atom. The third-order valence-electron chi connectivity index (χ3n) is 3.42. The summed E-state index contributed by atoms with van der Waals surface area (Å²) in [7, 11) is 5.18. The van der Waals surface area contributed by atoms with Gasteiger partial charge in [-0.05, 0) is 12.8 Å². The Balaban J connectivity index is 3.17. The fourth-order valence-electron chi connectivity index (χ4n) is 2.32. The normalized spacial score (nSPS) is 10.7. The van der Waals surface area contributed by atoms with Gasteiger partial charge in [0, 0.05) is 26.7 Å². The summed E-state index contributed by atoms with van der Waals surface area (Å²) in [6, 6.07) is 0.402. The third-order valence-corrected chi connectivity index (χ3v) is 3.42. The summed E-state index contributed by atoms with van der Waals surface area (Å²) in [5.41, 5.74) is 0. The van der Waals surface area contributed by atoms with Gasteiger partial charge in [-0.15, -0.1) is 0 Å². The Morgan fingerprint density at radius 2 is 1.95 bits per heavy atom. The zero-order valence-electron chi connectivity index (χ0n) is 13.1. The molecule has 0 aliphatic heterocycles. The van der Waals surface area contributed by atoms with Crippen molar-refractivity contribution in [3.8, 4) is 5.75 Å². The molecule has 6 heteroatoms. The van der Waals surface area contributed by atoms with Crippen molar-refractivity contribution >= 4 is 11.6 Å². The molecule has 0 bridgehead atoms. The van der Waals surface area contributed by atoms with E-state index in [1.54, 1.807) is 20.5 Å². The van der Waals surface area contributed by atoms with Crippen molar-refractivity contribution in [3.05, 3.63) is 6.33 Å². The molecule has 0 spiro atoms. The SMILES string of the molecule is CCC(CC)N(CCOC)c1ncnc(NC)c1OC. The molecule has 20 heavy (non-hydrogen) atoms. The van der Waals surface area contributed by atoms with E-state index in [-0.39, 0.29) is 0 Å². The van der Waals surface area contributed by atoms with E-state index >= 15 is 0 Å². The van der Waals surface area contributed by atoms with E-state index in [9.17, 15) is 0 Å². The summed E-state index contributed by atoms with van der Waals surface area (Å²) < 4.78 is 10.7. The number of nitrogens with zero attached hydrogens (tertiary/aromatic N) is 3. The van der Waals surface area contributed by atoms with Gasteiger partial charge in [0.2, 0.25) is 5.75 Å². The lowest BCUT2D eigenvalue weighted by Crippen LogP contribution is -2.38. The van der Waals surface area contributed by atoms with E-state index in [2.05, 4.69) is 34.0 Å². The van der Waals surface area contributed by atoms with Crippen molar-refractivity contribution in [2.24, 2.45) is 0 Å². The van der Waals surface area contributed by atoms with Crippen LogP contribution >= 0.6 is 0 Å². The number of aromatic nitrogens is 2. The first-order valence-corrected chi connectivity index (χ1v) is 7.05. The molecule has 0 aromatic carbocycles. The summed E-state index contributed by atoms with van der Waals surface area (Å²) in [4.78, 5) is 10.9. The zero-order chi connectivity index (χ0) is 15.0. The van der Waals surface area contributed by atoms with Crippen LogP contribution in [0.3, 0.4) is 0 Å². The maximum atomic E-state index is 5.50. The van der Waals surface area contributed by atoms with Crippen LogP contribution in [0.4, 0.5) is 11.6 Å². The summed E-state index contributed by atoms with van der Waals surface area (Å²) in [5, 5.41) is 3.04. The molecule has 0 amide bonds. The molecule has 0 saturated heterocycles. The number of methoxy groups -OCH3 is 2. The van der Waals surface area contributed by atoms with E-state index in [1.165, 1.54) is 0 Å². The fourth-order valence-corrected chi connectivity index (χ4v) is 2.32. The van der Waals surface area contributed by atoms with E-state index in [4.69, 9.17) is 9.47 Å². The molecule has 1 N–H and O–H groups in total. The van der Waals surface area contributed by atoms with Gasteiger partial charge in [0.1, 0.15) is 6.33 Å². The zero-order valence-corrected chi connectivity index (χ0v) is 13.1. The molecule has 0 fully saturated rings. The van der Waals surface area contributed by atoms with Crippen LogP contribution in [-0.4, -0.2) is 50.4 Å². The highest BCUT2D eigenvalue weighted by Gasteiger charge is 2.22. The number of nitrogens with one attached hydrogen (secondary N) is 1. The van der Waals surface area contributed by atoms with E-state index in [0.29, 0.717) is 24.2 Å². The van der Waals surface area contributed by atoms with Gasteiger partial charge in [0.15, 0.2) is 11.6 Å². The average molecular weight is 282 g/mol. The standard InChI is InChI=1S/C14H26N4O2/c1-6-11(7-2)18(8-9-19-4)14-12(20-5)13(15-3)16-10-17-14/h10-11H,6-9H2,1-5H3,(H,15,16,17). The van der Waals surface area contributed by atoms with E-state index < -0.39 is 0 Å². The second-order valence-electron chi connectivity index (χ2n) is 4.49. The Labute approximate surface area is 121 Å². The highest BCUT2D eigenvalue weighted by Crippen LogP contribution is 2.33. The van der Waals surface area contributed by atoms with Gasteiger partial charge in [-0.3, -0.25) is 0 Å². The van der Waals surface area contributed by atoms with Gasteiger partial charge < -0.3 is 19.7 Å². The molecule has 0 radical (unpaired) electrons. The molecule has 0 saturated carbocycles. The van der Waals surface area contributed by atoms with Crippen LogP contribution in [0.2, 0.25) is 0 Å². The Hall–Kier alpha value is -1.56. The molecular formula is C14H26N4O2. The van der Waals surface area contributed by atoms with Crippen LogP contribution in [0, 0.1) is 0 Å². The Bertz CT molecular complexity index is 397. The quantitative estimate of drug-likeness (QED) is 0.749. The van der Waals surface area contributed by atoms with Crippen molar-refractivity contribution in [2.45, 2.75) is 32.7 Å². The molecule has 6 nitrogen and oxygen atoms in total. The Kier molecular flexibility index (Phi) is 7.08. The summed E-state index contributed by atoms with van der Waals surface area (Å²) in [6.45, 7) is 5.79. The first-order valence-electron chi connectivity index (χ1n) is 7.05. The van der Waals surface area contributed by atoms with Crippen LogP contribution in [0.15, 0.2) is 6.33 Å². The maximum absolute atomic E-state index is 5.50. The van der Waals surface area contributed by atoms with Crippen molar-refractivity contribution in [2.75, 3.05) is 44.6 Å². The largest absolute Gasteiger partial charge is 0.490 e. The molecule has 0 aliphatic carbocycles. The first-order chi connectivity index (χ1) is 9.73. The first kappa shape index (κ1) is 16.5. The minimum Gasteiger partial charge on any atom is -0.490 e. The minimum atomic E-state index is 0.402. The number of ether oxygens (including phenoxy) is 2. The number of rotatable bonds is 9. The van der Waals surface area contributed by atoms with Gasteiger partial charge in [-0.2, -0.15) is 0 Å². The number of hydrogen-bond donors (Lipinski definition) is 1. The van der Waals surface area contributed by atoms with Crippen LogP contribution in [-0.2, 0) is 4.74 Å². The van der Waals surface area contributed by atoms with E-state index in [0.717, 1.165) is 25.2 Å². The molecular weight excluding hydrogens is 256 g/mol. The summed E-state index contributed by atoms with van der Waals surface area (Å²) in [6.07, 6.45) is 3.65. The van der Waals surface area contributed by atoms with Crippen molar-refractivity contribution in [3.63, 3.8) is 0 Å². The monoisotopic (exact) mass is 282 g/mol. The van der Waals surface area contributed by atoms with Gasteiger partial charge in [-0.1, -0.05) is 13.8 Å². The van der Waals surface area contributed by atoms with E-state index in [1.807, 2.05) is 7.05 Å². The fraction of sp³-hybridized carbons (Fsp3) is 0.714. The predicted molar refractivity (Wildman–Crippen MR) is 81.7 cm³/mol. The number of anilines is 2. The van der Waals surface area contributed by atoms with Crippen molar-refractivity contribution < 1.29 is 9.47 Å². The topological polar surface area (TPSA) is 59.5 Å². The second-order valence-corrected chi connectivity index (χ2v) is 4.49. The lowest BCUT2D eigenvalue weighted by Gasteiger charge is -2.32. The van der Waals surface area contributed by atoms with Gasteiger partial charge in [0.25, 0.3) is 0 Å². The van der Waals surface area contributed by atoms with Gasteiger partial charge >= 0.3 is 0 Å². The van der Waals surface area contributed by atoms with Crippen molar-refractivity contribution in [1.82, 2.24) is 9.97 Å². The Morgan fingerprint density at radius 1 is 1.25 bits per heavy atom. The van der Waals surface area contributed by atoms with Crippen LogP contribution in [0.5, 0.6) is 5.75 Å². The molecule has 114 valence electrons. The number of hydrogen-bond acceptors (Lipinski definition) is 6. The van der Waals surface area contributed by atoms with Crippen LogP contribution < -0.4 is 15.0 Å².